The van der Waals surface area contributed by atoms with Crippen LogP contribution in [0.15, 0.2) is 53.1 Å². The second-order valence-electron chi connectivity index (χ2n) is 7.05. The number of nitrogens with zero attached hydrogens (tertiary/aromatic N) is 3. The average molecular weight is 379 g/mol. The summed E-state index contributed by atoms with van der Waals surface area (Å²) >= 11 is 0. The van der Waals surface area contributed by atoms with Crippen molar-refractivity contribution in [3.63, 3.8) is 0 Å². The molecule has 2 aromatic carbocycles. The van der Waals surface area contributed by atoms with Crippen LogP contribution in [0, 0.1) is 13.8 Å². The molecular formula is C22H25N3O3. The van der Waals surface area contributed by atoms with Crippen LogP contribution in [0.25, 0.3) is 11.4 Å². The van der Waals surface area contributed by atoms with Gasteiger partial charge < -0.3 is 14.2 Å². The Morgan fingerprint density at radius 2 is 1.89 bits per heavy atom. The molecule has 0 radical (unpaired) electrons. The third kappa shape index (κ3) is 4.76. The fraction of sp³-hybridized carbons (Fsp3) is 0.318. The van der Waals surface area contributed by atoms with Crippen molar-refractivity contribution in [1.29, 1.82) is 0 Å². The van der Waals surface area contributed by atoms with Crippen molar-refractivity contribution in [2.45, 2.75) is 40.3 Å². The summed E-state index contributed by atoms with van der Waals surface area (Å²) in [7, 11) is 0. The number of carbonyl (C=O) groups is 1. The number of hydrogen-bond acceptors (Lipinski definition) is 5. The maximum absolute atomic E-state index is 12.7. The van der Waals surface area contributed by atoms with Gasteiger partial charge in [-0.1, -0.05) is 47.6 Å². The zero-order valence-corrected chi connectivity index (χ0v) is 16.7. The fourth-order valence-corrected chi connectivity index (χ4v) is 2.81. The van der Waals surface area contributed by atoms with Crippen LogP contribution in [0.3, 0.4) is 0 Å². The number of benzene rings is 2. The predicted octanol–water partition coefficient (Wildman–Crippen LogP) is 4.17. The van der Waals surface area contributed by atoms with E-state index >= 15 is 0 Å². The Labute approximate surface area is 165 Å². The van der Waals surface area contributed by atoms with Crippen LogP contribution in [-0.2, 0) is 11.3 Å². The zero-order chi connectivity index (χ0) is 20.1. The Balaban J connectivity index is 1.67. The molecule has 1 amide bonds. The minimum Gasteiger partial charge on any atom is -0.483 e. The van der Waals surface area contributed by atoms with Crippen LogP contribution in [-0.4, -0.2) is 33.6 Å². The van der Waals surface area contributed by atoms with E-state index in [1.54, 1.807) is 4.90 Å². The quantitative estimate of drug-likeness (QED) is 0.616. The molecule has 3 rings (SSSR count). The molecule has 3 aromatic rings. The van der Waals surface area contributed by atoms with Gasteiger partial charge >= 0.3 is 0 Å². The third-order valence-electron chi connectivity index (χ3n) is 4.44. The minimum atomic E-state index is -0.129. The molecule has 6 heteroatoms. The van der Waals surface area contributed by atoms with Crippen molar-refractivity contribution in [1.82, 2.24) is 15.0 Å². The number of ether oxygens (including phenoxy) is 1. The van der Waals surface area contributed by atoms with Gasteiger partial charge in [-0.05, 0) is 44.9 Å². The molecule has 0 atom stereocenters. The lowest BCUT2D eigenvalue weighted by Gasteiger charge is -2.25. The van der Waals surface area contributed by atoms with Gasteiger partial charge in [-0.3, -0.25) is 4.79 Å². The molecule has 0 N–H and O–H groups in total. The maximum atomic E-state index is 12.7. The van der Waals surface area contributed by atoms with Gasteiger partial charge in [0.05, 0.1) is 0 Å². The molecule has 1 heterocycles. The largest absolute Gasteiger partial charge is 0.483 e. The van der Waals surface area contributed by atoms with Crippen molar-refractivity contribution in [2.24, 2.45) is 0 Å². The predicted molar refractivity (Wildman–Crippen MR) is 107 cm³/mol. The first-order chi connectivity index (χ1) is 13.4. The summed E-state index contributed by atoms with van der Waals surface area (Å²) in [5.41, 5.74) is 2.96. The first-order valence-corrected chi connectivity index (χ1v) is 9.31. The molecule has 28 heavy (non-hydrogen) atoms. The molecule has 0 bridgehead atoms. The molecule has 0 aliphatic rings. The number of aryl methyl sites for hydroxylation is 2. The number of carbonyl (C=O) groups excluding carboxylic acids is 1. The third-order valence-corrected chi connectivity index (χ3v) is 4.44. The molecule has 0 fully saturated rings. The van der Waals surface area contributed by atoms with Gasteiger partial charge in [0, 0.05) is 11.6 Å². The molecule has 146 valence electrons. The van der Waals surface area contributed by atoms with Gasteiger partial charge in [0.15, 0.2) is 6.61 Å². The molecule has 0 saturated heterocycles. The summed E-state index contributed by atoms with van der Waals surface area (Å²) in [6.45, 7) is 8.06. The van der Waals surface area contributed by atoms with Gasteiger partial charge in [-0.25, -0.2) is 0 Å². The number of aromatic nitrogens is 2. The maximum Gasteiger partial charge on any atom is 0.261 e. The van der Waals surface area contributed by atoms with Crippen molar-refractivity contribution in [2.75, 3.05) is 6.61 Å². The van der Waals surface area contributed by atoms with E-state index in [-0.39, 0.29) is 25.1 Å². The summed E-state index contributed by atoms with van der Waals surface area (Å²) in [5, 5.41) is 4.02. The summed E-state index contributed by atoms with van der Waals surface area (Å²) in [6, 6.07) is 15.5. The summed E-state index contributed by atoms with van der Waals surface area (Å²) in [6.07, 6.45) is 0. The van der Waals surface area contributed by atoms with Crippen molar-refractivity contribution in [3.8, 4) is 17.1 Å². The van der Waals surface area contributed by atoms with Crippen LogP contribution >= 0.6 is 0 Å². The lowest BCUT2D eigenvalue weighted by molar-refractivity contribution is -0.136. The Morgan fingerprint density at radius 1 is 1.14 bits per heavy atom. The van der Waals surface area contributed by atoms with Gasteiger partial charge in [-0.15, -0.1) is 0 Å². The lowest BCUT2D eigenvalue weighted by Crippen LogP contribution is -2.39. The van der Waals surface area contributed by atoms with E-state index in [1.807, 2.05) is 76.2 Å². The van der Waals surface area contributed by atoms with E-state index in [0.29, 0.717) is 11.7 Å². The van der Waals surface area contributed by atoms with E-state index in [4.69, 9.17) is 9.26 Å². The first-order valence-electron chi connectivity index (χ1n) is 9.31. The molecule has 1 aromatic heterocycles. The molecule has 0 aliphatic carbocycles. The molecule has 0 aliphatic heterocycles. The highest BCUT2D eigenvalue weighted by molar-refractivity contribution is 5.78. The molecule has 6 nitrogen and oxygen atoms in total. The Hall–Kier alpha value is -3.15. The highest BCUT2D eigenvalue weighted by Gasteiger charge is 2.21. The Kier molecular flexibility index (Phi) is 6.09. The van der Waals surface area contributed by atoms with Crippen LogP contribution in [0.1, 0.15) is 30.9 Å². The summed E-state index contributed by atoms with van der Waals surface area (Å²) in [4.78, 5) is 18.8. The average Bonchev–Trinajstić information content (AvgIpc) is 3.16. The van der Waals surface area contributed by atoms with Gasteiger partial charge in [0.2, 0.25) is 11.7 Å². The van der Waals surface area contributed by atoms with E-state index in [9.17, 15) is 4.79 Å². The highest BCUT2D eigenvalue weighted by Crippen LogP contribution is 2.20. The molecule has 0 unspecified atom stereocenters. The topological polar surface area (TPSA) is 68.5 Å². The number of hydrogen-bond donors (Lipinski definition) is 0. The van der Waals surface area contributed by atoms with Crippen LogP contribution in [0.4, 0.5) is 0 Å². The summed E-state index contributed by atoms with van der Waals surface area (Å²) < 4.78 is 11.1. The zero-order valence-electron chi connectivity index (χ0n) is 16.7. The van der Waals surface area contributed by atoms with Crippen LogP contribution < -0.4 is 4.74 Å². The van der Waals surface area contributed by atoms with Gasteiger partial charge in [0.1, 0.15) is 12.3 Å². The Morgan fingerprint density at radius 3 is 2.61 bits per heavy atom. The van der Waals surface area contributed by atoms with Crippen molar-refractivity contribution >= 4 is 5.91 Å². The standard InChI is InChI=1S/C22H25N3O3/c1-15(2)25(21(26)14-27-19-12-16(3)10-11-17(19)4)13-20-23-22(24-28-20)18-8-6-5-7-9-18/h5-12,15H,13-14H2,1-4H3. The smallest absolute Gasteiger partial charge is 0.261 e. The highest BCUT2D eigenvalue weighted by atomic mass is 16.5. The van der Waals surface area contributed by atoms with Crippen molar-refractivity contribution in [3.05, 3.63) is 65.5 Å². The first kappa shape index (κ1) is 19.6. The lowest BCUT2D eigenvalue weighted by atomic mass is 10.1. The molecule has 0 saturated carbocycles. The van der Waals surface area contributed by atoms with Crippen molar-refractivity contribution < 1.29 is 14.1 Å². The van der Waals surface area contributed by atoms with Crippen LogP contribution in [0.2, 0.25) is 0 Å². The van der Waals surface area contributed by atoms with E-state index < -0.39 is 0 Å². The van der Waals surface area contributed by atoms with Crippen LogP contribution in [0.5, 0.6) is 5.75 Å². The minimum absolute atomic E-state index is 0.0261. The molecular weight excluding hydrogens is 354 g/mol. The monoisotopic (exact) mass is 379 g/mol. The second-order valence-corrected chi connectivity index (χ2v) is 7.05. The van der Waals surface area contributed by atoms with Gasteiger partial charge in [-0.2, -0.15) is 4.98 Å². The van der Waals surface area contributed by atoms with E-state index in [0.717, 1.165) is 22.4 Å². The normalized spacial score (nSPS) is 10.9. The SMILES string of the molecule is Cc1ccc(C)c(OCC(=O)N(Cc2nc(-c3ccccc3)no2)C(C)C)c1. The fourth-order valence-electron chi connectivity index (χ4n) is 2.81. The number of rotatable bonds is 7. The molecule has 0 spiro atoms. The van der Waals surface area contributed by atoms with E-state index in [2.05, 4.69) is 10.1 Å². The Bertz CT molecular complexity index is 935. The number of amides is 1. The second kappa shape index (κ2) is 8.69. The van der Waals surface area contributed by atoms with E-state index in [1.165, 1.54) is 0 Å². The van der Waals surface area contributed by atoms with Gasteiger partial charge in [0.25, 0.3) is 5.91 Å². The summed E-state index contributed by atoms with van der Waals surface area (Å²) in [5.74, 6) is 1.50.